The first kappa shape index (κ1) is 8.96. The summed E-state index contributed by atoms with van der Waals surface area (Å²) in [6, 6.07) is 5.19. The second kappa shape index (κ2) is 4.04. The van der Waals surface area contributed by atoms with Crippen molar-refractivity contribution in [1.82, 2.24) is 4.98 Å². The van der Waals surface area contributed by atoms with Crippen LogP contribution in [0.25, 0.3) is 0 Å². The Bertz CT molecular complexity index is 252. The smallest absolute Gasteiger partial charge is 0.123 e. The Morgan fingerprint density at radius 3 is 2.92 bits per heavy atom. The van der Waals surface area contributed by atoms with Crippen molar-refractivity contribution in [1.29, 1.82) is 0 Å². The Kier molecular flexibility index (Phi) is 3.01. The van der Waals surface area contributed by atoms with E-state index in [0.29, 0.717) is 12.4 Å². The van der Waals surface area contributed by atoms with E-state index in [1.165, 1.54) is 0 Å². The molecule has 0 radical (unpaired) electrons. The minimum absolute atomic E-state index is 0.196. The highest BCUT2D eigenvalue weighted by Crippen LogP contribution is 2.08. The molecule has 0 aliphatic heterocycles. The lowest BCUT2D eigenvalue weighted by molar-refractivity contribution is 0.179. The van der Waals surface area contributed by atoms with Gasteiger partial charge in [-0.15, -0.1) is 0 Å². The maximum Gasteiger partial charge on any atom is 0.123 e. The lowest BCUT2D eigenvalue weighted by Crippen LogP contribution is -2.17. The third-order valence-corrected chi connectivity index (χ3v) is 1.52. The van der Waals surface area contributed by atoms with E-state index in [9.17, 15) is 0 Å². The number of pyridine rings is 1. The molecule has 4 heteroatoms. The van der Waals surface area contributed by atoms with Crippen LogP contribution in [0.3, 0.4) is 0 Å². The van der Waals surface area contributed by atoms with Crippen LogP contribution >= 0.6 is 0 Å². The van der Waals surface area contributed by atoms with Crippen LogP contribution in [0.15, 0.2) is 18.2 Å². The zero-order valence-corrected chi connectivity index (χ0v) is 7.03. The maximum atomic E-state index is 5.73. The quantitative estimate of drug-likeness (QED) is 0.679. The minimum atomic E-state index is -0.196. The molecular formula is C8H13N3O. The van der Waals surface area contributed by atoms with Crippen LogP contribution in [-0.2, 0) is 4.74 Å². The standard InChI is InChI=1S/C8H13N3O/c1-12-5-6(9)7-3-2-4-8(10)11-7/h2-4,6H,5,9H2,1H3,(H2,10,11). The Balaban J connectivity index is 2.73. The molecule has 0 aliphatic carbocycles. The lowest BCUT2D eigenvalue weighted by atomic mass is 10.2. The highest BCUT2D eigenvalue weighted by Gasteiger charge is 2.05. The van der Waals surface area contributed by atoms with Gasteiger partial charge in [0.25, 0.3) is 0 Å². The van der Waals surface area contributed by atoms with Crippen LogP contribution in [-0.4, -0.2) is 18.7 Å². The molecule has 1 heterocycles. The molecule has 0 saturated heterocycles. The van der Waals surface area contributed by atoms with Gasteiger partial charge in [-0.25, -0.2) is 4.98 Å². The summed E-state index contributed by atoms with van der Waals surface area (Å²) in [6.45, 7) is 0.455. The van der Waals surface area contributed by atoms with E-state index in [1.807, 2.05) is 12.1 Å². The predicted molar refractivity (Wildman–Crippen MR) is 47.5 cm³/mol. The topological polar surface area (TPSA) is 74.2 Å². The van der Waals surface area contributed by atoms with Crippen LogP contribution in [0.1, 0.15) is 11.7 Å². The van der Waals surface area contributed by atoms with Crippen LogP contribution in [0.4, 0.5) is 5.82 Å². The molecule has 0 bridgehead atoms. The van der Waals surface area contributed by atoms with Crippen molar-refractivity contribution < 1.29 is 4.74 Å². The summed E-state index contributed by atoms with van der Waals surface area (Å²) in [5.41, 5.74) is 12.0. The molecule has 0 aliphatic rings. The molecular weight excluding hydrogens is 154 g/mol. The number of methoxy groups -OCH3 is 1. The number of ether oxygens (including phenoxy) is 1. The van der Waals surface area contributed by atoms with E-state index in [1.54, 1.807) is 13.2 Å². The summed E-state index contributed by atoms with van der Waals surface area (Å²) >= 11 is 0. The average Bonchev–Trinajstić information content (AvgIpc) is 2.05. The molecule has 4 N–H and O–H groups in total. The monoisotopic (exact) mass is 167 g/mol. The number of hydrogen-bond acceptors (Lipinski definition) is 4. The van der Waals surface area contributed by atoms with Gasteiger partial charge in [0, 0.05) is 7.11 Å². The molecule has 1 atom stereocenters. The average molecular weight is 167 g/mol. The Labute approximate surface area is 71.5 Å². The van der Waals surface area contributed by atoms with Crippen LogP contribution in [0, 0.1) is 0 Å². The van der Waals surface area contributed by atoms with Gasteiger partial charge in [-0.2, -0.15) is 0 Å². The van der Waals surface area contributed by atoms with Gasteiger partial charge < -0.3 is 16.2 Å². The molecule has 0 spiro atoms. The molecule has 12 heavy (non-hydrogen) atoms. The zero-order valence-electron chi connectivity index (χ0n) is 7.03. The van der Waals surface area contributed by atoms with Gasteiger partial charge in [0.15, 0.2) is 0 Å². The van der Waals surface area contributed by atoms with Crippen molar-refractivity contribution in [2.24, 2.45) is 5.73 Å². The van der Waals surface area contributed by atoms with Gasteiger partial charge >= 0.3 is 0 Å². The molecule has 0 saturated carbocycles. The van der Waals surface area contributed by atoms with Crippen molar-refractivity contribution in [3.63, 3.8) is 0 Å². The molecule has 0 aromatic carbocycles. The van der Waals surface area contributed by atoms with Crippen LogP contribution in [0.5, 0.6) is 0 Å². The largest absolute Gasteiger partial charge is 0.384 e. The summed E-state index contributed by atoms with van der Waals surface area (Å²) in [5.74, 6) is 0.485. The number of rotatable bonds is 3. The first-order valence-electron chi connectivity index (χ1n) is 3.71. The van der Waals surface area contributed by atoms with E-state index >= 15 is 0 Å². The van der Waals surface area contributed by atoms with E-state index in [-0.39, 0.29) is 6.04 Å². The molecule has 0 fully saturated rings. The summed E-state index contributed by atoms with van der Waals surface area (Å²) < 4.78 is 4.89. The third-order valence-electron chi connectivity index (χ3n) is 1.52. The fourth-order valence-corrected chi connectivity index (χ4v) is 0.940. The number of nitrogen functional groups attached to an aromatic ring is 1. The van der Waals surface area contributed by atoms with E-state index in [2.05, 4.69) is 4.98 Å². The summed E-state index contributed by atoms with van der Waals surface area (Å²) in [5, 5.41) is 0. The molecule has 0 amide bonds. The van der Waals surface area contributed by atoms with Crippen LogP contribution in [0.2, 0.25) is 0 Å². The molecule has 66 valence electrons. The SMILES string of the molecule is COCC(N)c1cccc(N)n1. The van der Waals surface area contributed by atoms with E-state index in [4.69, 9.17) is 16.2 Å². The number of anilines is 1. The van der Waals surface area contributed by atoms with E-state index < -0.39 is 0 Å². The van der Waals surface area contributed by atoms with E-state index in [0.717, 1.165) is 5.69 Å². The van der Waals surface area contributed by atoms with Crippen molar-refractivity contribution >= 4 is 5.82 Å². The Morgan fingerprint density at radius 2 is 2.33 bits per heavy atom. The lowest BCUT2D eigenvalue weighted by Gasteiger charge is -2.09. The summed E-state index contributed by atoms with van der Waals surface area (Å²) in [6.07, 6.45) is 0. The fraction of sp³-hybridized carbons (Fsp3) is 0.375. The highest BCUT2D eigenvalue weighted by molar-refractivity contribution is 5.29. The van der Waals surface area contributed by atoms with Crippen molar-refractivity contribution in [3.05, 3.63) is 23.9 Å². The highest BCUT2D eigenvalue weighted by atomic mass is 16.5. The van der Waals surface area contributed by atoms with Gasteiger partial charge in [0.05, 0.1) is 18.3 Å². The second-order valence-corrected chi connectivity index (χ2v) is 2.55. The molecule has 1 unspecified atom stereocenters. The molecule has 4 nitrogen and oxygen atoms in total. The first-order chi connectivity index (χ1) is 5.74. The number of nitrogens with zero attached hydrogens (tertiary/aromatic N) is 1. The van der Waals surface area contributed by atoms with Gasteiger partial charge in [0.1, 0.15) is 5.82 Å². The summed E-state index contributed by atoms with van der Waals surface area (Å²) in [4.78, 5) is 4.06. The van der Waals surface area contributed by atoms with Gasteiger partial charge in [-0.1, -0.05) is 6.07 Å². The van der Waals surface area contributed by atoms with Crippen molar-refractivity contribution in [2.45, 2.75) is 6.04 Å². The third kappa shape index (κ3) is 2.18. The molecule has 1 aromatic rings. The first-order valence-corrected chi connectivity index (χ1v) is 3.71. The van der Waals surface area contributed by atoms with Crippen molar-refractivity contribution in [3.8, 4) is 0 Å². The minimum Gasteiger partial charge on any atom is -0.384 e. The van der Waals surface area contributed by atoms with Crippen molar-refractivity contribution in [2.75, 3.05) is 19.5 Å². The Hall–Kier alpha value is -1.13. The van der Waals surface area contributed by atoms with Gasteiger partial charge in [-0.05, 0) is 12.1 Å². The fourth-order valence-electron chi connectivity index (χ4n) is 0.940. The number of hydrogen-bond donors (Lipinski definition) is 2. The second-order valence-electron chi connectivity index (χ2n) is 2.55. The molecule has 1 rings (SSSR count). The predicted octanol–water partition coefficient (Wildman–Crippen LogP) is 0.310. The Morgan fingerprint density at radius 1 is 1.58 bits per heavy atom. The number of aromatic nitrogens is 1. The zero-order chi connectivity index (χ0) is 8.97. The van der Waals surface area contributed by atoms with Crippen LogP contribution < -0.4 is 11.5 Å². The molecule has 1 aromatic heterocycles. The summed E-state index contributed by atoms with van der Waals surface area (Å²) in [7, 11) is 1.60. The normalized spacial score (nSPS) is 12.8. The van der Waals surface area contributed by atoms with Gasteiger partial charge in [-0.3, -0.25) is 0 Å². The van der Waals surface area contributed by atoms with Gasteiger partial charge in [0.2, 0.25) is 0 Å². The maximum absolute atomic E-state index is 5.73. The number of nitrogens with two attached hydrogens (primary N) is 2.